The molecule has 0 aromatic heterocycles. The van der Waals surface area contributed by atoms with Gasteiger partial charge in [-0.25, -0.2) is 4.39 Å². The summed E-state index contributed by atoms with van der Waals surface area (Å²) in [5.74, 6) is 2.01. The molecular weight excluding hydrogens is 213 g/mol. The molecule has 0 spiro atoms. The maximum absolute atomic E-state index is 13.4. The van der Waals surface area contributed by atoms with Crippen molar-refractivity contribution in [1.82, 2.24) is 0 Å². The molecule has 0 aliphatic rings. The van der Waals surface area contributed by atoms with Gasteiger partial charge in [0.1, 0.15) is 11.9 Å². The largest absolute Gasteiger partial charge is 0.206 e. The molecule has 0 N–H and O–H groups in total. The highest BCUT2D eigenvalue weighted by Crippen LogP contribution is 2.22. The molecule has 0 amide bonds. The molecule has 2 heteroatoms. The third-order valence-corrected chi connectivity index (χ3v) is 2.47. The highest BCUT2D eigenvalue weighted by Gasteiger charge is 2.04. The molecule has 0 unspecified atom stereocenters. The first-order chi connectivity index (χ1) is 8.24. The molecule has 0 radical (unpaired) electrons. The van der Waals surface area contributed by atoms with Gasteiger partial charge in [0.25, 0.3) is 0 Å². The Bertz CT molecular complexity index is 627. The molecule has 2 rings (SSSR count). The average Bonchev–Trinajstić information content (AvgIpc) is 2.39. The molecule has 0 heterocycles. The van der Waals surface area contributed by atoms with Crippen molar-refractivity contribution in [3.63, 3.8) is 0 Å². The van der Waals surface area contributed by atoms with E-state index in [0.29, 0.717) is 0 Å². The summed E-state index contributed by atoms with van der Waals surface area (Å²) < 4.78 is 13.4. The second kappa shape index (κ2) is 4.51. The van der Waals surface area contributed by atoms with Gasteiger partial charge < -0.3 is 0 Å². The number of nitriles is 1. The van der Waals surface area contributed by atoms with Crippen LogP contribution in [0.15, 0.2) is 42.5 Å². The normalized spacial score (nSPS) is 9.35. The second-order valence-electron chi connectivity index (χ2n) is 3.53. The van der Waals surface area contributed by atoms with E-state index in [0.717, 1.165) is 16.7 Å². The molecule has 17 heavy (non-hydrogen) atoms. The molecule has 2 aromatic carbocycles. The summed E-state index contributed by atoms with van der Waals surface area (Å²) in [5, 5.41) is 8.64. The number of rotatable bonds is 1. The van der Waals surface area contributed by atoms with Crippen molar-refractivity contribution in [2.45, 2.75) is 0 Å². The summed E-state index contributed by atoms with van der Waals surface area (Å²) in [5.41, 5.74) is 2.43. The van der Waals surface area contributed by atoms with E-state index in [9.17, 15) is 4.39 Å². The first-order valence-corrected chi connectivity index (χ1v) is 5.01. The predicted molar refractivity (Wildman–Crippen MR) is 64.5 cm³/mol. The van der Waals surface area contributed by atoms with Crippen molar-refractivity contribution in [1.29, 1.82) is 5.26 Å². The fourth-order valence-corrected chi connectivity index (χ4v) is 1.54. The summed E-state index contributed by atoms with van der Waals surface area (Å²) in [7, 11) is 0. The number of terminal acetylenes is 1. The molecule has 80 valence electrons. The minimum Gasteiger partial charge on any atom is -0.206 e. The van der Waals surface area contributed by atoms with Crippen LogP contribution >= 0.6 is 0 Å². The van der Waals surface area contributed by atoms with Crippen LogP contribution in [-0.2, 0) is 0 Å². The lowest BCUT2D eigenvalue weighted by atomic mass is 10.0. The number of halogens is 1. The van der Waals surface area contributed by atoms with E-state index < -0.39 is 5.82 Å². The van der Waals surface area contributed by atoms with Crippen LogP contribution in [0.2, 0.25) is 0 Å². The van der Waals surface area contributed by atoms with E-state index in [1.807, 2.05) is 12.1 Å². The SMILES string of the molecule is C#Cc1ccc(-c2ccc(C#N)c(F)c2)cc1. The summed E-state index contributed by atoms with van der Waals surface area (Å²) in [6.07, 6.45) is 5.25. The van der Waals surface area contributed by atoms with Crippen LogP contribution < -0.4 is 0 Å². The van der Waals surface area contributed by atoms with Gasteiger partial charge in [-0.15, -0.1) is 6.42 Å². The van der Waals surface area contributed by atoms with Crippen molar-refractivity contribution in [2.24, 2.45) is 0 Å². The van der Waals surface area contributed by atoms with E-state index in [1.165, 1.54) is 12.1 Å². The molecule has 0 bridgehead atoms. The topological polar surface area (TPSA) is 23.8 Å². The van der Waals surface area contributed by atoms with Crippen LogP contribution in [0.3, 0.4) is 0 Å². The maximum atomic E-state index is 13.4. The smallest absolute Gasteiger partial charge is 0.141 e. The monoisotopic (exact) mass is 221 g/mol. The van der Waals surface area contributed by atoms with Crippen LogP contribution in [0, 0.1) is 29.5 Å². The van der Waals surface area contributed by atoms with Gasteiger partial charge in [-0.05, 0) is 35.4 Å². The molecular formula is C15H8FN. The van der Waals surface area contributed by atoms with Gasteiger partial charge in [-0.2, -0.15) is 5.26 Å². The van der Waals surface area contributed by atoms with Crippen molar-refractivity contribution >= 4 is 0 Å². The number of hydrogen-bond donors (Lipinski definition) is 0. The van der Waals surface area contributed by atoms with E-state index in [-0.39, 0.29) is 5.56 Å². The molecule has 2 aromatic rings. The van der Waals surface area contributed by atoms with E-state index in [4.69, 9.17) is 11.7 Å². The zero-order valence-electron chi connectivity index (χ0n) is 8.94. The highest BCUT2D eigenvalue weighted by atomic mass is 19.1. The fourth-order valence-electron chi connectivity index (χ4n) is 1.54. The lowest BCUT2D eigenvalue weighted by Crippen LogP contribution is -1.85. The van der Waals surface area contributed by atoms with Gasteiger partial charge in [0.15, 0.2) is 0 Å². The molecule has 1 nitrogen and oxygen atoms in total. The number of hydrogen-bond acceptors (Lipinski definition) is 1. The third kappa shape index (κ3) is 2.17. The Kier molecular flexibility index (Phi) is 2.90. The Morgan fingerprint density at radius 1 is 1.00 bits per heavy atom. The van der Waals surface area contributed by atoms with Crippen molar-refractivity contribution in [3.8, 4) is 29.5 Å². The van der Waals surface area contributed by atoms with Gasteiger partial charge >= 0.3 is 0 Å². The fraction of sp³-hybridized carbons (Fsp3) is 0. The Morgan fingerprint density at radius 3 is 2.18 bits per heavy atom. The highest BCUT2D eigenvalue weighted by molar-refractivity contribution is 5.65. The van der Waals surface area contributed by atoms with Gasteiger partial charge in [0.2, 0.25) is 0 Å². The Labute approximate surface area is 99.1 Å². The van der Waals surface area contributed by atoms with Crippen LogP contribution in [0.5, 0.6) is 0 Å². The van der Waals surface area contributed by atoms with Crippen molar-refractivity contribution in [2.75, 3.05) is 0 Å². The number of nitrogens with zero attached hydrogens (tertiary/aromatic N) is 1. The molecule has 0 atom stereocenters. The predicted octanol–water partition coefficient (Wildman–Crippen LogP) is 3.35. The average molecular weight is 221 g/mol. The van der Waals surface area contributed by atoms with Crippen molar-refractivity contribution in [3.05, 3.63) is 59.4 Å². The van der Waals surface area contributed by atoms with Gasteiger partial charge in [0.05, 0.1) is 5.56 Å². The van der Waals surface area contributed by atoms with Gasteiger partial charge in [0, 0.05) is 5.56 Å². The lowest BCUT2D eigenvalue weighted by molar-refractivity contribution is 0.624. The van der Waals surface area contributed by atoms with Crippen LogP contribution in [0.1, 0.15) is 11.1 Å². The minimum atomic E-state index is -0.508. The zero-order chi connectivity index (χ0) is 12.3. The summed E-state index contributed by atoms with van der Waals surface area (Å²) in [6, 6.07) is 13.6. The summed E-state index contributed by atoms with van der Waals surface area (Å²) in [6.45, 7) is 0. The minimum absolute atomic E-state index is 0.0500. The molecule has 0 fully saturated rings. The van der Waals surface area contributed by atoms with Crippen LogP contribution in [-0.4, -0.2) is 0 Å². The first-order valence-electron chi connectivity index (χ1n) is 5.01. The summed E-state index contributed by atoms with van der Waals surface area (Å²) >= 11 is 0. The van der Waals surface area contributed by atoms with Gasteiger partial charge in [-0.3, -0.25) is 0 Å². The van der Waals surface area contributed by atoms with Crippen LogP contribution in [0.4, 0.5) is 4.39 Å². The molecule has 0 aliphatic carbocycles. The maximum Gasteiger partial charge on any atom is 0.141 e. The Hall–Kier alpha value is -2.58. The van der Waals surface area contributed by atoms with E-state index >= 15 is 0 Å². The lowest BCUT2D eigenvalue weighted by Gasteiger charge is -2.02. The Balaban J connectivity index is 2.44. The zero-order valence-corrected chi connectivity index (χ0v) is 8.94. The van der Waals surface area contributed by atoms with Gasteiger partial charge in [-0.1, -0.05) is 24.1 Å². The van der Waals surface area contributed by atoms with Crippen LogP contribution in [0.25, 0.3) is 11.1 Å². The summed E-state index contributed by atoms with van der Waals surface area (Å²) in [4.78, 5) is 0. The van der Waals surface area contributed by atoms with E-state index in [2.05, 4.69) is 5.92 Å². The standard InChI is InChI=1S/C15H8FN/c1-2-11-3-5-12(6-4-11)13-7-8-14(10-17)15(16)9-13/h1,3-9H. The van der Waals surface area contributed by atoms with E-state index in [1.54, 1.807) is 24.3 Å². The Morgan fingerprint density at radius 2 is 1.65 bits per heavy atom. The molecule has 0 saturated carbocycles. The third-order valence-electron chi connectivity index (χ3n) is 2.47. The molecule has 0 aliphatic heterocycles. The quantitative estimate of drug-likeness (QED) is 0.677. The number of benzene rings is 2. The first kappa shape index (κ1) is 10.9. The molecule has 0 saturated heterocycles. The second-order valence-corrected chi connectivity index (χ2v) is 3.53. The van der Waals surface area contributed by atoms with Crippen molar-refractivity contribution < 1.29 is 4.39 Å².